The first-order valence-corrected chi connectivity index (χ1v) is 14.8. The van der Waals surface area contributed by atoms with Crippen LogP contribution in [0.25, 0.3) is 22.6 Å². The molecule has 4 aromatic heterocycles. The highest BCUT2D eigenvalue weighted by Gasteiger charge is 2.33. The van der Waals surface area contributed by atoms with E-state index in [1.54, 1.807) is 24.0 Å². The number of rotatable bonds is 9. The molecule has 1 atom stereocenters. The van der Waals surface area contributed by atoms with Crippen molar-refractivity contribution in [3.63, 3.8) is 0 Å². The molecule has 0 unspecified atom stereocenters. The third-order valence-corrected chi connectivity index (χ3v) is 9.02. The lowest BCUT2D eigenvalue weighted by Crippen LogP contribution is -2.29. The summed E-state index contributed by atoms with van der Waals surface area (Å²) in [6, 6.07) is -0.0688. The molecule has 2 saturated carbocycles. The van der Waals surface area contributed by atoms with Crippen LogP contribution in [0.2, 0.25) is 0 Å². The highest BCUT2D eigenvalue weighted by atomic mass is 32.2. The summed E-state index contributed by atoms with van der Waals surface area (Å²) in [7, 11) is -3.44. The van der Waals surface area contributed by atoms with Crippen molar-refractivity contribution in [3.8, 4) is 11.4 Å². The number of aromatic nitrogens is 8. The van der Waals surface area contributed by atoms with Gasteiger partial charge in [0, 0.05) is 12.0 Å². The maximum Gasteiger partial charge on any atom is 0.295 e. The second kappa shape index (κ2) is 9.70. The lowest BCUT2D eigenvalue weighted by Gasteiger charge is -2.19. The fourth-order valence-corrected chi connectivity index (χ4v) is 5.48. The number of aryl methyl sites for hydroxylation is 1. The monoisotopic (exact) mass is 547 g/mol. The van der Waals surface area contributed by atoms with Gasteiger partial charge in [-0.15, -0.1) is 0 Å². The summed E-state index contributed by atoms with van der Waals surface area (Å²) in [6.07, 6.45) is 10.1. The van der Waals surface area contributed by atoms with Gasteiger partial charge in [0.2, 0.25) is 0 Å². The van der Waals surface area contributed by atoms with Crippen LogP contribution >= 0.6 is 0 Å². The van der Waals surface area contributed by atoms with Gasteiger partial charge in [-0.25, -0.2) is 38.3 Å². The number of nitrogens with zero attached hydrogens (tertiary/aromatic N) is 8. The number of sulfone groups is 1. The number of fused-ring (bicyclic) bond motifs is 1. The molecule has 6 rings (SSSR count). The van der Waals surface area contributed by atoms with Crippen molar-refractivity contribution >= 4 is 26.8 Å². The van der Waals surface area contributed by atoms with E-state index < -0.39 is 9.84 Å². The summed E-state index contributed by atoms with van der Waals surface area (Å²) in [6.45, 7) is 5.66. The van der Waals surface area contributed by atoms with Crippen molar-refractivity contribution in [1.29, 1.82) is 0 Å². The Morgan fingerprint density at radius 1 is 1.03 bits per heavy atom. The predicted molar refractivity (Wildman–Crippen MR) is 144 cm³/mol. The molecule has 2 aliphatic rings. The minimum atomic E-state index is -3.44. The highest BCUT2D eigenvalue weighted by molar-refractivity contribution is 7.91. The minimum absolute atomic E-state index is 0.0540. The molecule has 12 nitrogen and oxygen atoms in total. The van der Waals surface area contributed by atoms with Gasteiger partial charge >= 0.3 is 0 Å². The topological polar surface area (TPSA) is 158 Å². The molecular weight excluding hydrogens is 518 g/mol. The molecule has 0 saturated heterocycles. The quantitative estimate of drug-likeness (QED) is 0.328. The second-order valence-corrected chi connectivity index (χ2v) is 12.4. The molecule has 0 radical (unpaired) electrons. The molecule has 2 aliphatic carbocycles. The van der Waals surface area contributed by atoms with E-state index in [0.29, 0.717) is 34.5 Å². The molecule has 2 fully saturated rings. The molecule has 4 aromatic rings. The average molecular weight is 548 g/mol. The third kappa shape index (κ3) is 4.86. The van der Waals surface area contributed by atoms with Crippen LogP contribution in [0.1, 0.15) is 68.6 Å². The Labute approximate surface area is 225 Å². The van der Waals surface area contributed by atoms with E-state index in [4.69, 9.17) is 4.98 Å². The maximum absolute atomic E-state index is 13.7. The van der Waals surface area contributed by atoms with Crippen LogP contribution in [0.3, 0.4) is 0 Å². The summed E-state index contributed by atoms with van der Waals surface area (Å²) >= 11 is 0. The summed E-state index contributed by atoms with van der Waals surface area (Å²) in [5, 5.41) is 2.99. The summed E-state index contributed by atoms with van der Waals surface area (Å²) in [5.74, 6) is 1.37. The Bertz CT molecular complexity index is 1730. The lowest BCUT2D eigenvalue weighted by atomic mass is 10.1. The Kier molecular flexibility index (Phi) is 6.32. The number of hydrogen-bond donors (Lipinski definition) is 1. The first-order valence-electron chi connectivity index (χ1n) is 13.2. The van der Waals surface area contributed by atoms with Gasteiger partial charge in [-0.3, -0.25) is 14.3 Å². The van der Waals surface area contributed by atoms with E-state index >= 15 is 0 Å². The molecule has 39 heavy (non-hydrogen) atoms. The van der Waals surface area contributed by atoms with Crippen molar-refractivity contribution in [3.05, 3.63) is 52.4 Å². The molecule has 202 valence electrons. The van der Waals surface area contributed by atoms with Gasteiger partial charge < -0.3 is 5.32 Å². The first kappa shape index (κ1) is 25.4. The van der Waals surface area contributed by atoms with Crippen LogP contribution in [-0.4, -0.2) is 53.6 Å². The van der Waals surface area contributed by atoms with Crippen LogP contribution in [0.4, 0.5) is 5.82 Å². The predicted octanol–water partition coefficient (Wildman–Crippen LogP) is 3.00. The fourth-order valence-electron chi connectivity index (χ4n) is 4.76. The molecule has 0 bridgehead atoms. The minimum Gasteiger partial charge on any atom is -0.360 e. The smallest absolute Gasteiger partial charge is 0.295 e. The Hall–Kier alpha value is -3.87. The number of nitrogens with one attached hydrogen (secondary N) is 1. The van der Waals surface area contributed by atoms with Crippen LogP contribution < -0.4 is 10.9 Å². The van der Waals surface area contributed by atoms with Gasteiger partial charge in [0.1, 0.15) is 11.8 Å². The summed E-state index contributed by atoms with van der Waals surface area (Å²) in [4.78, 5) is 44.9. The molecule has 0 amide bonds. The van der Waals surface area contributed by atoms with Crippen LogP contribution in [0.5, 0.6) is 0 Å². The average Bonchev–Trinajstić information content (AvgIpc) is 3.85. The van der Waals surface area contributed by atoms with Gasteiger partial charge in [0.05, 0.1) is 53.5 Å². The van der Waals surface area contributed by atoms with E-state index in [1.807, 2.05) is 13.8 Å². The molecule has 1 N–H and O–H groups in total. The van der Waals surface area contributed by atoms with E-state index in [9.17, 15) is 13.2 Å². The van der Waals surface area contributed by atoms with Crippen molar-refractivity contribution in [1.82, 2.24) is 39.5 Å². The SMILES string of the molecule is CCS(=O)(=O)c1cnc(CNc2nc3cnc(-c4c(C)ncnc4C4CC4)nc3n([C@@H](C)C3CC3)c2=O)cn1. The maximum atomic E-state index is 13.7. The van der Waals surface area contributed by atoms with Crippen molar-refractivity contribution in [2.45, 2.75) is 70.0 Å². The first-order chi connectivity index (χ1) is 18.8. The molecule has 4 heterocycles. The van der Waals surface area contributed by atoms with Gasteiger partial charge in [-0.2, -0.15) is 0 Å². The zero-order valence-electron chi connectivity index (χ0n) is 22.0. The van der Waals surface area contributed by atoms with E-state index in [1.165, 1.54) is 12.4 Å². The van der Waals surface area contributed by atoms with Crippen molar-refractivity contribution < 1.29 is 8.42 Å². The number of anilines is 1. The molecule has 0 spiro atoms. The van der Waals surface area contributed by atoms with Crippen LogP contribution in [0, 0.1) is 12.8 Å². The molecule has 0 aliphatic heterocycles. The van der Waals surface area contributed by atoms with Crippen molar-refractivity contribution in [2.75, 3.05) is 11.1 Å². The number of hydrogen-bond acceptors (Lipinski definition) is 11. The Morgan fingerprint density at radius 3 is 2.49 bits per heavy atom. The van der Waals surface area contributed by atoms with Gasteiger partial charge in [0.15, 0.2) is 32.2 Å². The third-order valence-electron chi connectivity index (χ3n) is 7.41. The second-order valence-electron chi connectivity index (χ2n) is 10.2. The summed E-state index contributed by atoms with van der Waals surface area (Å²) in [5.41, 5.74) is 3.76. The van der Waals surface area contributed by atoms with Crippen LogP contribution in [0.15, 0.2) is 34.7 Å². The standard InChI is InChI=1S/C26H29N9O3S/c1-4-39(37,38)20-12-27-18(9-28-20)10-29-24-26(36)35(15(3)16-5-6-16)25-19(33-24)11-30-23(34-25)21-14(2)31-13-32-22(21)17-7-8-17/h9,11-13,15-17H,4-8,10H2,1-3H3,(H,29,33)/t15-/m0/s1. The zero-order valence-corrected chi connectivity index (χ0v) is 22.8. The molecule has 13 heteroatoms. The zero-order chi connectivity index (χ0) is 27.3. The van der Waals surface area contributed by atoms with Crippen molar-refractivity contribution in [2.24, 2.45) is 5.92 Å². The fraction of sp³-hybridized carbons (Fsp3) is 0.462. The normalized spacial score (nSPS) is 16.4. The molecular formula is C26H29N9O3S. The lowest BCUT2D eigenvalue weighted by molar-refractivity contribution is 0.482. The van der Waals surface area contributed by atoms with Gasteiger partial charge in [0.25, 0.3) is 5.56 Å². The van der Waals surface area contributed by atoms with E-state index in [-0.39, 0.29) is 34.7 Å². The van der Waals surface area contributed by atoms with Crippen LogP contribution in [-0.2, 0) is 16.4 Å². The Balaban J connectivity index is 1.38. The Morgan fingerprint density at radius 2 is 1.82 bits per heavy atom. The van der Waals surface area contributed by atoms with Gasteiger partial charge in [-0.1, -0.05) is 6.92 Å². The van der Waals surface area contributed by atoms with Gasteiger partial charge in [-0.05, 0) is 45.4 Å². The largest absolute Gasteiger partial charge is 0.360 e. The molecule has 0 aromatic carbocycles. The highest BCUT2D eigenvalue weighted by Crippen LogP contribution is 2.43. The van der Waals surface area contributed by atoms with E-state index in [0.717, 1.165) is 42.6 Å². The van der Waals surface area contributed by atoms with E-state index in [2.05, 4.69) is 35.2 Å². The summed E-state index contributed by atoms with van der Waals surface area (Å²) < 4.78 is 25.8.